The Bertz CT molecular complexity index is 467. The van der Waals surface area contributed by atoms with Crippen LogP contribution in [0.25, 0.3) is 0 Å². The van der Waals surface area contributed by atoms with Crippen molar-refractivity contribution in [3.63, 3.8) is 0 Å². The second-order valence-corrected chi connectivity index (χ2v) is 5.77. The predicted molar refractivity (Wildman–Crippen MR) is 81.0 cm³/mol. The lowest BCUT2D eigenvalue weighted by Gasteiger charge is -2.26. The molecule has 0 aliphatic rings. The number of aliphatic hydroxyl groups is 1. The van der Waals surface area contributed by atoms with Gasteiger partial charge in [-0.25, -0.2) is 0 Å². The maximum atomic E-state index is 12.5. The third kappa shape index (κ3) is 4.81. The third-order valence-corrected chi connectivity index (χ3v) is 2.81. The van der Waals surface area contributed by atoms with E-state index in [1.54, 1.807) is 27.1 Å². The molecule has 0 aromatic carbocycles. The molecule has 0 aliphatic heterocycles. The normalized spacial score (nSPS) is 11.3. The maximum Gasteiger partial charge on any atom is 0.257 e. The number of hydrogen-bond donors (Lipinski definition) is 2. The summed E-state index contributed by atoms with van der Waals surface area (Å²) in [5, 5.41) is 13.1. The number of anilines is 1. The zero-order valence-electron chi connectivity index (χ0n) is 13.0. The third-order valence-electron chi connectivity index (χ3n) is 2.81. The van der Waals surface area contributed by atoms with Crippen LogP contribution in [0.15, 0.2) is 12.3 Å². The molecule has 20 heavy (non-hydrogen) atoms. The Balaban J connectivity index is 2.96. The number of hydrogen-bond acceptors (Lipinski definition) is 4. The molecule has 0 spiro atoms. The van der Waals surface area contributed by atoms with Crippen molar-refractivity contribution in [3.8, 4) is 0 Å². The molecule has 0 radical (unpaired) electrons. The minimum Gasteiger partial charge on any atom is -0.389 e. The number of carbonyl (C=O) groups is 1. The quantitative estimate of drug-likeness (QED) is 0.836. The van der Waals surface area contributed by atoms with Crippen molar-refractivity contribution in [2.45, 2.75) is 39.7 Å². The van der Waals surface area contributed by atoms with E-state index in [0.29, 0.717) is 5.56 Å². The standard InChI is InChI=1S/C15H25N3O2/c1-6-7-16-13-8-11(2)17-9-12(13)14(19)18(5)10-15(3,4)20/h8-9,20H,6-7,10H2,1-5H3,(H,16,17). The SMILES string of the molecule is CCCNc1cc(C)ncc1C(=O)N(C)CC(C)(C)O. The van der Waals surface area contributed by atoms with Gasteiger partial charge >= 0.3 is 0 Å². The van der Waals surface area contributed by atoms with E-state index in [9.17, 15) is 9.90 Å². The zero-order valence-corrected chi connectivity index (χ0v) is 13.0. The molecule has 2 N–H and O–H groups in total. The molecule has 1 rings (SSSR count). The molecule has 1 aromatic rings. The average molecular weight is 279 g/mol. The fourth-order valence-electron chi connectivity index (χ4n) is 1.99. The largest absolute Gasteiger partial charge is 0.389 e. The van der Waals surface area contributed by atoms with Crippen molar-refractivity contribution in [1.82, 2.24) is 9.88 Å². The smallest absolute Gasteiger partial charge is 0.257 e. The first-order valence-electron chi connectivity index (χ1n) is 6.93. The molecule has 1 aromatic heterocycles. The summed E-state index contributed by atoms with van der Waals surface area (Å²) in [4.78, 5) is 18.2. The van der Waals surface area contributed by atoms with Gasteiger partial charge in [0.15, 0.2) is 0 Å². The number of rotatable bonds is 6. The van der Waals surface area contributed by atoms with E-state index in [-0.39, 0.29) is 12.5 Å². The van der Waals surface area contributed by atoms with Crippen molar-refractivity contribution in [2.24, 2.45) is 0 Å². The van der Waals surface area contributed by atoms with Gasteiger partial charge in [-0.1, -0.05) is 6.92 Å². The van der Waals surface area contributed by atoms with Crippen LogP contribution >= 0.6 is 0 Å². The molecule has 1 heterocycles. The van der Waals surface area contributed by atoms with Gasteiger partial charge in [0.1, 0.15) is 0 Å². The summed E-state index contributed by atoms with van der Waals surface area (Å²) < 4.78 is 0. The van der Waals surface area contributed by atoms with Crippen LogP contribution in [-0.4, -0.2) is 46.6 Å². The number of aryl methyl sites for hydroxylation is 1. The summed E-state index contributed by atoms with van der Waals surface area (Å²) in [6.07, 6.45) is 2.57. The van der Waals surface area contributed by atoms with Crippen LogP contribution in [0.3, 0.4) is 0 Å². The number of carbonyl (C=O) groups excluding carboxylic acids is 1. The van der Waals surface area contributed by atoms with Gasteiger partial charge in [0.05, 0.1) is 16.9 Å². The van der Waals surface area contributed by atoms with Gasteiger partial charge in [-0.3, -0.25) is 9.78 Å². The monoisotopic (exact) mass is 279 g/mol. The summed E-state index contributed by atoms with van der Waals surface area (Å²) >= 11 is 0. The Labute approximate surface area is 121 Å². The molecule has 0 atom stereocenters. The number of likely N-dealkylation sites (N-methyl/N-ethyl adjacent to an activating group) is 1. The Hall–Kier alpha value is -1.62. The van der Waals surface area contributed by atoms with Crippen LogP contribution in [0.1, 0.15) is 43.2 Å². The molecule has 0 unspecified atom stereocenters. The maximum absolute atomic E-state index is 12.5. The summed E-state index contributed by atoms with van der Waals surface area (Å²) in [6, 6.07) is 1.88. The Morgan fingerprint density at radius 3 is 2.70 bits per heavy atom. The fraction of sp³-hybridized carbons (Fsp3) is 0.600. The fourth-order valence-corrected chi connectivity index (χ4v) is 1.99. The Morgan fingerprint density at radius 1 is 1.50 bits per heavy atom. The van der Waals surface area contributed by atoms with E-state index in [4.69, 9.17) is 0 Å². The summed E-state index contributed by atoms with van der Waals surface area (Å²) in [7, 11) is 1.68. The summed E-state index contributed by atoms with van der Waals surface area (Å²) in [5.74, 6) is -0.141. The van der Waals surface area contributed by atoms with Crippen LogP contribution in [0, 0.1) is 6.92 Å². The highest BCUT2D eigenvalue weighted by molar-refractivity contribution is 5.99. The number of nitrogens with zero attached hydrogens (tertiary/aromatic N) is 2. The number of amides is 1. The van der Waals surface area contributed by atoms with Crippen molar-refractivity contribution < 1.29 is 9.90 Å². The molecule has 0 aliphatic carbocycles. The van der Waals surface area contributed by atoms with E-state index in [1.165, 1.54) is 4.90 Å². The van der Waals surface area contributed by atoms with E-state index in [2.05, 4.69) is 17.2 Å². The lowest BCUT2D eigenvalue weighted by molar-refractivity contribution is 0.0368. The van der Waals surface area contributed by atoms with Crippen molar-refractivity contribution in [1.29, 1.82) is 0 Å². The molecular weight excluding hydrogens is 254 g/mol. The molecule has 112 valence electrons. The molecule has 5 nitrogen and oxygen atoms in total. The number of nitrogens with one attached hydrogen (secondary N) is 1. The van der Waals surface area contributed by atoms with Crippen LogP contribution in [0.5, 0.6) is 0 Å². The second kappa shape index (κ2) is 6.70. The molecule has 0 bridgehead atoms. The molecule has 0 saturated heterocycles. The van der Waals surface area contributed by atoms with Crippen molar-refractivity contribution in [3.05, 3.63) is 23.5 Å². The van der Waals surface area contributed by atoms with Gasteiger partial charge in [0.25, 0.3) is 5.91 Å². The van der Waals surface area contributed by atoms with Gasteiger partial charge in [0, 0.05) is 32.0 Å². The molecule has 0 saturated carbocycles. The molecule has 0 fully saturated rings. The predicted octanol–water partition coefficient (Wildman–Crippen LogP) is 2.05. The van der Waals surface area contributed by atoms with Gasteiger partial charge in [-0.15, -0.1) is 0 Å². The first-order chi connectivity index (χ1) is 9.24. The highest BCUT2D eigenvalue weighted by Gasteiger charge is 2.22. The number of pyridine rings is 1. The molecular formula is C15H25N3O2. The van der Waals surface area contributed by atoms with Crippen LogP contribution in [0.4, 0.5) is 5.69 Å². The van der Waals surface area contributed by atoms with Gasteiger partial charge in [-0.2, -0.15) is 0 Å². The topological polar surface area (TPSA) is 65.5 Å². The second-order valence-electron chi connectivity index (χ2n) is 5.77. The Kier molecular flexibility index (Phi) is 5.51. The van der Waals surface area contributed by atoms with Gasteiger partial charge in [-0.05, 0) is 33.3 Å². The summed E-state index contributed by atoms with van der Waals surface area (Å²) in [6.45, 7) is 8.40. The highest BCUT2D eigenvalue weighted by atomic mass is 16.3. The number of aromatic nitrogens is 1. The lowest BCUT2D eigenvalue weighted by Crippen LogP contribution is -2.40. The highest BCUT2D eigenvalue weighted by Crippen LogP contribution is 2.18. The average Bonchev–Trinajstić information content (AvgIpc) is 2.33. The van der Waals surface area contributed by atoms with Crippen molar-refractivity contribution >= 4 is 11.6 Å². The van der Waals surface area contributed by atoms with Crippen LogP contribution in [0.2, 0.25) is 0 Å². The van der Waals surface area contributed by atoms with Crippen LogP contribution in [-0.2, 0) is 0 Å². The summed E-state index contributed by atoms with van der Waals surface area (Å²) in [5.41, 5.74) is 1.28. The van der Waals surface area contributed by atoms with Crippen LogP contribution < -0.4 is 5.32 Å². The Morgan fingerprint density at radius 2 is 2.15 bits per heavy atom. The van der Waals surface area contributed by atoms with Gasteiger partial charge in [0.2, 0.25) is 0 Å². The van der Waals surface area contributed by atoms with E-state index in [1.807, 2.05) is 13.0 Å². The first kappa shape index (κ1) is 16.4. The molecule has 5 heteroatoms. The first-order valence-corrected chi connectivity index (χ1v) is 6.93. The lowest BCUT2D eigenvalue weighted by atomic mass is 10.1. The van der Waals surface area contributed by atoms with E-state index < -0.39 is 5.60 Å². The minimum atomic E-state index is -0.917. The van der Waals surface area contributed by atoms with E-state index >= 15 is 0 Å². The molecule has 1 amide bonds. The van der Waals surface area contributed by atoms with Gasteiger partial charge < -0.3 is 15.3 Å². The van der Waals surface area contributed by atoms with Crippen molar-refractivity contribution in [2.75, 3.05) is 25.5 Å². The zero-order chi connectivity index (χ0) is 15.3. The minimum absolute atomic E-state index is 0.141. The van der Waals surface area contributed by atoms with E-state index in [0.717, 1.165) is 24.3 Å².